The maximum Gasteiger partial charge on any atom is 0.224 e. The zero-order valence-corrected chi connectivity index (χ0v) is 11.8. The molecule has 0 unspecified atom stereocenters. The molecule has 0 spiro atoms. The molecule has 1 saturated heterocycles. The summed E-state index contributed by atoms with van der Waals surface area (Å²) in [5.74, 6) is 0.0718. The standard InChI is InChI=1S/C13H16INO2/c14-10-3-1-4-11(9-10)15-13(16)7-6-12-5-2-8-17-12/h1,3-4,9,12H,2,5-8H2,(H,15,16)/t12-/m0/s1. The van der Waals surface area contributed by atoms with E-state index in [4.69, 9.17) is 4.74 Å². The Morgan fingerprint density at radius 1 is 1.53 bits per heavy atom. The number of nitrogens with one attached hydrogen (secondary N) is 1. The maximum atomic E-state index is 11.7. The Labute approximate surface area is 115 Å². The van der Waals surface area contributed by atoms with Crippen LogP contribution in [-0.2, 0) is 9.53 Å². The summed E-state index contributed by atoms with van der Waals surface area (Å²) in [6, 6.07) is 7.82. The number of hydrogen-bond donors (Lipinski definition) is 1. The first-order valence-corrected chi connectivity index (χ1v) is 6.99. The molecule has 1 aromatic rings. The molecule has 1 aliphatic rings. The van der Waals surface area contributed by atoms with E-state index in [9.17, 15) is 4.79 Å². The zero-order valence-electron chi connectivity index (χ0n) is 9.62. The van der Waals surface area contributed by atoms with E-state index >= 15 is 0 Å². The molecule has 1 N–H and O–H groups in total. The molecule has 2 rings (SSSR count). The van der Waals surface area contributed by atoms with Crippen molar-refractivity contribution >= 4 is 34.2 Å². The molecule has 0 aliphatic carbocycles. The van der Waals surface area contributed by atoms with E-state index in [0.717, 1.165) is 35.1 Å². The predicted octanol–water partition coefficient (Wildman–Crippen LogP) is 3.19. The van der Waals surface area contributed by atoms with Crippen LogP contribution in [0.3, 0.4) is 0 Å². The molecular weight excluding hydrogens is 329 g/mol. The van der Waals surface area contributed by atoms with Crippen LogP contribution in [0.2, 0.25) is 0 Å². The van der Waals surface area contributed by atoms with E-state index in [0.29, 0.717) is 6.42 Å². The average Bonchev–Trinajstić information content (AvgIpc) is 2.79. The Morgan fingerprint density at radius 3 is 3.12 bits per heavy atom. The highest BCUT2D eigenvalue weighted by Gasteiger charge is 2.16. The van der Waals surface area contributed by atoms with E-state index in [1.807, 2.05) is 24.3 Å². The van der Waals surface area contributed by atoms with Gasteiger partial charge in [0.1, 0.15) is 0 Å². The van der Waals surface area contributed by atoms with Gasteiger partial charge in [0.25, 0.3) is 0 Å². The summed E-state index contributed by atoms with van der Waals surface area (Å²) in [7, 11) is 0. The molecule has 1 fully saturated rings. The van der Waals surface area contributed by atoms with Gasteiger partial charge in [0.15, 0.2) is 0 Å². The quantitative estimate of drug-likeness (QED) is 0.852. The fourth-order valence-corrected chi connectivity index (χ4v) is 2.50. The molecule has 1 heterocycles. The van der Waals surface area contributed by atoms with Crippen LogP contribution in [0.4, 0.5) is 5.69 Å². The number of carbonyl (C=O) groups excluding carboxylic acids is 1. The number of amides is 1. The molecule has 0 saturated carbocycles. The minimum absolute atomic E-state index is 0.0718. The van der Waals surface area contributed by atoms with E-state index in [1.54, 1.807) is 0 Å². The van der Waals surface area contributed by atoms with Gasteiger partial charge in [0.2, 0.25) is 5.91 Å². The van der Waals surface area contributed by atoms with Crippen LogP contribution in [0.15, 0.2) is 24.3 Å². The van der Waals surface area contributed by atoms with Crippen molar-refractivity contribution in [3.05, 3.63) is 27.8 Å². The van der Waals surface area contributed by atoms with Crippen molar-refractivity contribution in [3.63, 3.8) is 0 Å². The van der Waals surface area contributed by atoms with Gasteiger partial charge in [-0.3, -0.25) is 4.79 Å². The summed E-state index contributed by atoms with van der Waals surface area (Å²) in [5.41, 5.74) is 0.870. The Morgan fingerprint density at radius 2 is 2.41 bits per heavy atom. The van der Waals surface area contributed by atoms with Crippen molar-refractivity contribution in [1.29, 1.82) is 0 Å². The molecule has 1 aromatic carbocycles. The number of benzene rings is 1. The van der Waals surface area contributed by atoms with Gasteiger partial charge in [-0.1, -0.05) is 6.07 Å². The van der Waals surface area contributed by atoms with Crippen LogP contribution in [0, 0.1) is 3.57 Å². The molecule has 92 valence electrons. The largest absolute Gasteiger partial charge is 0.378 e. The maximum absolute atomic E-state index is 11.7. The SMILES string of the molecule is O=C(CC[C@@H]1CCCO1)Nc1cccc(I)c1. The van der Waals surface area contributed by atoms with E-state index in [-0.39, 0.29) is 12.0 Å². The Bertz CT molecular complexity index is 389. The van der Waals surface area contributed by atoms with Gasteiger partial charge in [0.05, 0.1) is 6.10 Å². The molecule has 3 nitrogen and oxygen atoms in total. The van der Waals surface area contributed by atoms with E-state index < -0.39 is 0 Å². The first kappa shape index (κ1) is 12.8. The Kier molecular flexibility index (Phi) is 4.79. The van der Waals surface area contributed by atoms with Crippen molar-refractivity contribution in [2.75, 3.05) is 11.9 Å². The van der Waals surface area contributed by atoms with Crippen LogP contribution in [-0.4, -0.2) is 18.6 Å². The Balaban J connectivity index is 1.76. The monoisotopic (exact) mass is 345 g/mol. The number of anilines is 1. The Hall–Kier alpha value is -0.620. The summed E-state index contributed by atoms with van der Waals surface area (Å²) in [4.78, 5) is 11.7. The summed E-state index contributed by atoms with van der Waals surface area (Å²) >= 11 is 2.23. The second kappa shape index (κ2) is 6.35. The fourth-order valence-electron chi connectivity index (χ4n) is 1.95. The fraction of sp³-hybridized carbons (Fsp3) is 0.462. The number of carbonyl (C=O) groups is 1. The van der Waals surface area contributed by atoms with Crippen molar-refractivity contribution < 1.29 is 9.53 Å². The van der Waals surface area contributed by atoms with Crippen molar-refractivity contribution in [1.82, 2.24) is 0 Å². The van der Waals surface area contributed by atoms with Gasteiger partial charge in [-0.25, -0.2) is 0 Å². The molecular formula is C13H16INO2. The summed E-state index contributed by atoms with van der Waals surface area (Å²) in [5, 5.41) is 2.91. The highest BCUT2D eigenvalue weighted by Crippen LogP contribution is 2.18. The number of hydrogen-bond acceptors (Lipinski definition) is 2. The number of ether oxygens (including phenoxy) is 1. The van der Waals surface area contributed by atoms with E-state index in [2.05, 4.69) is 27.9 Å². The lowest BCUT2D eigenvalue weighted by atomic mass is 10.1. The normalized spacial score (nSPS) is 19.2. The lowest BCUT2D eigenvalue weighted by Crippen LogP contribution is -2.15. The molecule has 0 radical (unpaired) electrons. The summed E-state index contributed by atoms with van der Waals surface area (Å²) < 4.78 is 6.62. The highest BCUT2D eigenvalue weighted by molar-refractivity contribution is 14.1. The van der Waals surface area contributed by atoms with Crippen LogP contribution >= 0.6 is 22.6 Å². The minimum atomic E-state index is 0.0718. The van der Waals surface area contributed by atoms with Gasteiger partial charge in [0, 0.05) is 22.3 Å². The molecule has 17 heavy (non-hydrogen) atoms. The van der Waals surface area contributed by atoms with Crippen LogP contribution in [0.1, 0.15) is 25.7 Å². The van der Waals surface area contributed by atoms with Crippen molar-refractivity contribution in [2.24, 2.45) is 0 Å². The minimum Gasteiger partial charge on any atom is -0.378 e. The van der Waals surface area contributed by atoms with Gasteiger partial charge >= 0.3 is 0 Å². The third-order valence-corrected chi connectivity index (χ3v) is 3.50. The van der Waals surface area contributed by atoms with Gasteiger partial charge in [-0.05, 0) is 60.1 Å². The second-order valence-electron chi connectivity index (χ2n) is 4.23. The summed E-state index contributed by atoms with van der Waals surface area (Å²) in [6.45, 7) is 0.850. The second-order valence-corrected chi connectivity index (χ2v) is 5.48. The topological polar surface area (TPSA) is 38.3 Å². The number of rotatable bonds is 4. The lowest BCUT2D eigenvalue weighted by Gasteiger charge is -2.09. The molecule has 0 aromatic heterocycles. The van der Waals surface area contributed by atoms with Gasteiger partial charge < -0.3 is 10.1 Å². The molecule has 1 atom stereocenters. The van der Waals surface area contributed by atoms with Crippen molar-refractivity contribution in [3.8, 4) is 0 Å². The van der Waals surface area contributed by atoms with Gasteiger partial charge in [-0.15, -0.1) is 0 Å². The number of halogens is 1. The smallest absolute Gasteiger partial charge is 0.224 e. The highest BCUT2D eigenvalue weighted by atomic mass is 127. The predicted molar refractivity (Wildman–Crippen MR) is 76.0 cm³/mol. The molecule has 1 aliphatic heterocycles. The van der Waals surface area contributed by atoms with Crippen molar-refractivity contribution in [2.45, 2.75) is 31.8 Å². The zero-order chi connectivity index (χ0) is 12.1. The summed E-state index contributed by atoms with van der Waals surface area (Å²) in [6.07, 6.45) is 3.88. The third-order valence-electron chi connectivity index (χ3n) is 2.83. The van der Waals surface area contributed by atoms with Crippen LogP contribution in [0.25, 0.3) is 0 Å². The molecule has 0 bridgehead atoms. The average molecular weight is 345 g/mol. The van der Waals surface area contributed by atoms with E-state index in [1.165, 1.54) is 0 Å². The molecule has 4 heteroatoms. The van der Waals surface area contributed by atoms with Crippen LogP contribution in [0.5, 0.6) is 0 Å². The molecule has 1 amide bonds. The third kappa shape index (κ3) is 4.27. The van der Waals surface area contributed by atoms with Crippen LogP contribution < -0.4 is 5.32 Å². The van der Waals surface area contributed by atoms with Gasteiger partial charge in [-0.2, -0.15) is 0 Å². The first-order valence-electron chi connectivity index (χ1n) is 5.91. The first-order chi connectivity index (χ1) is 8.24. The lowest BCUT2D eigenvalue weighted by molar-refractivity contribution is -0.116.